The van der Waals surface area contributed by atoms with Gasteiger partial charge >= 0.3 is 0 Å². The number of rotatable bonds is 8. The monoisotopic (exact) mass is 584 g/mol. The first-order valence-corrected chi connectivity index (χ1v) is 15.0. The van der Waals surface area contributed by atoms with Gasteiger partial charge in [-0.1, -0.05) is 54.6 Å². The molecule has 1 aliphatic heterocycles. The minimum absolute atomic E-state index is 0.0444. The number of nitrogens with one attached hydrogen (secondary N) is 1. The summed E-state index contributed by atoms with van der Waals surface area (Å²) in [6, 6.07) is 30.7. The Hall–Kier alpha value is -5.08. The van der Waals surface area contributed by atoms with E-state index in [0.29, 0.717) is 46.0 Å². The number of hydrogen-bond donors (Lipinski definition) is 1. The number of carbonyl (C=O) groups is 2. The van der Waals surface area contributed by atoms with E-state index in [1.54, 1.807) is 22.5 Å². The standard InChI is InChI=1S/C35H28N4O3S/c1-38-29-19-26(42-21-23-9-4-2-5-10-23)14-15-27(29)31(32(38)34(41)37-25-12-6-3-7-13-25)33(40)28-16-18-39-30(28)22-43-35(39)24-11-8-17-36-20-24/h2-20,35H,21-22H2,1H3,(H,37,41). The predicted molar refractivity (Wildman–Crippen MR) is 170 cm³/mol. The molecule has 8 heteroatoms. The number of thioether (sulfide) groups is 1. The quantitative estimate of drug-likeness (QED) is 0.191. The summed E-state index contributed by atoms with van der Waals surface area (Å²) in [6.45, 7) is 0.413. The number of ether oxygens (including phenoxy) is 1. The zero-order valence-electron chi connectivity index (χ0n) is 23.4. The minimum Gasteiger partial charge on any atom is -0.489 e. The molecular formula is C35H28N4O3S. The third-order valence-electron chi connectivity index (χ3n) is 7.76. The number of amides is 1. The maximum Gasteiger partial charge on any atom is 0.273 e. The Morgan fingerprint density at radius 2 is 1.77 bits per heavy atom. The summed E-state index contributed by atoms with van der Waals surface area (Å²) < 4.78 is 10.0. The molecule has 212 valence electrons. The molecule has 1 aliphatic rings. The van der Waals surface area contributed by atoms with E-state index in [4.69, 9.17) is 4.74 Å². The lowest BCUT2D eigenvalue weighted by Crippen LogP contribution is -2.19. The predicted octanol–water partition coefficient (Wildman–Crippen LogP) is 7.23. The van der Waals surface area contributed by atoms with Crippen molar-refractivity contribution in [3.8, 4) is 5.75 Å². The first-order chi connectivity index (χ1) is 21.1. The van der Waals surface area contributed by atoms with Gasteiger partial charge in [0.1, 0.15) is 23.4 Å². The molecule has 0 fully saturated rings. The molecule has 4 heterocycles. The molecule has 0 radical (unpaired) electrons. The van der Waals surface area contributed by atoms with Crippen molar-refractivity contribution in [2.75, 3.05) is 5.32 Å². The largest absolute Gasteiger partial charge is 0.489 e. The summed E-state index contributed by atoms with van der Waals surface area (Å²) >= 11 is 1.75. The molecule has 1 N–H and O–H groups in total. The number of benzene rings is 3. The van der Waals surface area contributed by atoms with Crippen molar-refractivity contribution in [2.24, 2.45) is 7.05 Å². The summed E-state index contributed by atoms with van der Waals surface area (Å²) in [6.07, 6.45) is 5.59. The van der Waals surface area contributed by atoms with Gasteiger partial charge in [-0.15, -0.1) is 11.8 Å². The van der Waals surface area contributed by atoms with Crippen LogP contribution in [0.5, 0.6) is 5.75 Å². The van der Waals surface area contributed by atoms with Crippen molar-refractivity contribution in [2.45, 2.75) is 17.7 Å². The van der Waals surface area contributed by atoms with Crippen LogP contribution < -0.4 is 10.1 Å². The van der Waals surface area contributed by atoms with Gasteiger partial charge < -0.3 is 19.2 Å². The number of carbonyl (C=O) groups excluding carboxylic acids is 2. The second kappa shape index (κ2) is 11.3. The van der Waals surface area contributed by atoms with Gasteiger partial charge in [-0.05, 0) is 42.0 Å². The second-order valence-corrected chi connectivity index (χ2v) is 11.5. The molecule has 7 rings (SSSR count). The number of aromatic nitrogens is 3. The van der Waals surface area contributed by atoms with Gasteiger partial charge in [-0.3, -0.25) is 14.6 Å². The van der Waals surface area contributed by atoms with Gasteiger partial charge in [0.15, 0.2) is 5.78 Å². The van der Waals surface area contributed by atoms with E-state index in [1.807, 2.05) is 110 Å². The van der Waals surface area contributed by atoms with Crippen molar-refractivity contribution in [1.82, 2.24) is 14.1 Å². The third-order valence-corrected chi connectivity index (χ3v) is 9.02. The molecule has 0 saturated carbocycles. The fourth-order valence-electron chi connectivity index (χ4n) is 5.66. The Kier molecular flexibility index (Phi) is 7.04. The number of aryl methyl sites for hydroxylation is 1. The Bertz CT molecular complexity index is 1950. The fraction of sp³-hybridized carbons (Fsp3) is 0.114. The zero-order chi connectivity index (χ0) is 29.3. The Balaban J connectivity index is 1.29. The van der Waals surface area contributed by atoms with E-state index in [1.165, 1.54) is 0 Å². The van der Waals surface area contributed by atoms with Crippen LogP contribution in [0, 0.1) is 0 Å². The lowest BCUT2D eigenvalue weighted by atomic mass is 9.99. The van der Waals surface area contributed by atoms with Gasteiger partial charge in [-0.25, -0.2) is 0 Å². The molecule has 0 bridgehead atoms. The van der Waals surface area contributed by atoms with E-state index < -0.39 is 0 Å². The van der Waals surface area contributed by atoms with E-state index in [2.05, 4.69) is 20.9 Å². The average molecular weight is 585 g/mol. The van der Waals surface area contributed by atoms with Crippen LogP contribution in [0.15, 0.2) is 116 Å². The number of pyridine rings is 1. The number of ketones is 1. The molecule has 1 unspecified atom stereocenters. The lowest BCUT2D eigenvalue weighted by Gasteiger charge is -2.12. The van der Waals surface area contributed by atoms with Crippen LogP contribution in [0.4, 0.5) is 5.69 Å². The molecule has 3 aromatic heterocycles. The number of hydrogen-bond acceptors (Lipinski definition) is 5. The van der Waals surface area contributed by atoms with Crippen molar-refractivity contribution >= 4 is 40.0 Å². The fourth-order valence-corrected chi connectivity index (χ4v) is 6.98. The SMILES string of the molecule is Cn1c(C(=O)Nc2ccccc2)c(C(=O)c2ccn3c2CSC3c2cccnc2)c2ccc(OCc3ccccc3)cc21. The van der Waals surface area contributed by atoms with Crippen molar-refractivity contribution in [1.29, 1.82) is 0 Å². The number of anilines is 1. The van der Waals surface area contributed by atoms with E-state index in [0.717, 1.165) is 22.3 Å². The lowest BCUT2D eigenvalue weighted by molar-refractivity contribution is 0.0991. The minimum atomic E-state index is -0.349. The van der Waals surface area contributed by atoms with Gasteiger partial charge in [0, 0.05) is 65.4 Å². The third kappa shape index (κ3) is 5.00. The highest BCUT2D eigenvalue weighted by Gasteiger charge is 2.33. The van der Waals surface area contributed by atoms with E-state index in [-0.39, 0.29) is 17.1 Å². The van der Waals surface area contributed by atoms with Gasteiger partial charge in [0.25, 0.3) is 5.91 Å². The normalized spacial score (nSPS) is 14.0. The molecule has 0 aliphatic carbocycles. The number of nitrogens with zero attached hydrogens (tertiary/aromatic N) is 3. The van der Waals surface area contributed by atoms with Crippen LogP contribution in [-0.2, 0) is 19.4 Å². The molecule has 0 saturated heterocycles. The average Bonchev–Trinajstić information content (AvgIpc) is 3.74. The van der Waals surface area contributed by atoms with Crippen LogP contribution in [0.2, 0.25) is 0 Å². The summed E-state index contributed by atoms with van der Waals surface area (Å²) in [5.74, 6) is 0.814. The second-order valence-electron chi connectivity index (χ2n) is 10.4. The summed E-state index contributed by atoms with van der Waals surface area (Å²) in [5, 5.41) is 3.73. The van der Waals surface area contributed by atoms with Crippen molar-refractivity contribution < 1.29 is 14.3 Å². The highest BCUT2D eigenvalue weighted by Crippen LogP contribution is 2.43. The van der Waals surface area contributed by atoms with E-state index >= 15 is 0 Å². The Labute approximate surface area is 253 Å². The molecule has 1 amide bonds. The summed E-state index contributed by atoms with van der Waals surface area (Å²) in [4.78, 5) is 32.6. The van der Waals surface area contributed by atoms with Gasteiger partial charge in [0.2, 0.25) is 0 Å². The van der Waals surface area contributed by atoms with Crippen LogP contribution in [0.1, 0.15) is 48.6 Å². The number of fused-ring (bicyclic) bond motifs is 2. The first kappa shape index (κ1) is 26.8. The van der Waals surface area contributed by atoms with Crippen LogP contribution in [0.3, 0.4) is 0 Å². The smallest absolute Gasteiger partial charge is 0.273 e. The number of para-hydroxylation sites is 1. The van der Waals surface area contributed by atoms with Crippen molar-refractivity contribution in [3.63, 3.8) is 0 Å². The summed E-state index contributed by atoms with van der Waals surface area (Å²) in [5.41, 5.74) is 5.76. The zero-order valence-corrected chi connectivity index (χ0v) is 24.3. The molecule has 43 heavy (non-hydrogen) atoms. The van der Waals surface area contributed by atoms with E-state index in [9.17, 15) is 9.59 Å². The van der Waals surface area contributed by atoms with Crippen LogP contribution in [-0.4, -0.2) is 25.8 Å². The Morgan fingerprint density at radius 1 is 0.977 bits per heavy atom. The van der Waals surface area contributed by atoms with Crippen LogP contribution in [0.25, 0.3) is 10.9 Å². The molecule has 6 aromatic rings. The van der Waals surface area contributed by atoms with Crippen molar-refractivity contribution in [3.05, 3.63) is 149 Å². The maximum absolute atomic E-state index is 14.5. The highest BCUT2D eigenvalue weighted by molar-refractivity contribution is 7.99. The molecular weight excluding hydrogens is 556 g/mol. The highest BCUT2D eigenvalue weighted by atomic mass is 32.2. The van der Waals surface area contributed by atoms with Crippen LogP contribution >= 0.6 is 11.8 Å². The Morgan fingerprint density at radius 3 is 2.53 bits per heavy atom. The molecule has 3 aromatic carbocycles. The summed E-state index contributed by atoms with van der Waals surface area (Å²) in [7, 11) is 1.82. The topological polar surface area (TPSA) is 78.2 Å². The maximum atomic E-state index is 14.5. The van der Waals surface area contributed by atoms with Gasteiger partial charge in [-0.2, -0.15) is 0 Å². The first-order valence-electron chi connectivity index (χ1n) is 14.0. The molecule has 0 spiro atoms. The molecule has 7 nitrogen and oxygen atoms in total. The molecule has 1 atom stereocenters. The van der Waals surface area contributed by atoms with Gasteiger partial charge in [0.05, 0.1) is 11.1 Å².